The van der Waals surface area contributed by atoms with E-state index < -0.39 is 6.04 Å². The number of rotatable bonds is 12. The normalized spacial score (nSPS) is 11.6. The van der Waals surface area contributed by atoms with Crippen LogP contribution in [-0.4, -0.2) is 35.9 Å². The van der Waals surface area contributed by atoms with Gasteiger partial charge in [0.2, 0.25) is 11.8 Å². The SMILES string of the molecule is CCCCNC(=O)C(C)N(Cc1ccc(Cl)cc1Cl)C(=O)CCCOc1ccccc1. The van der Waals surface area contributed by atoms with Crippen LogP contribution in [0, 0.1) is 0 Å². The summed E-state index contributed by atoms with van der Waals surface area (Å²) in [5, 5.41) is 3.90. The summed E-state index contributed by atoms with van der Waals surface area (Å²) in [6.07, 6.45) is 2.69. The highest BCUT2D eigenvalue weighted by molar-refractivity contribution is 6.35. The van der Waals surface area contributed by atoms with Crippen molar-refractivity contribution in [1.29, 1.82) is 0 Å². The zero-order valence-electron chi connectivity index (χ0n) is 18.1. The van der Waals surface area contributed by atoms with Crippen molar-refractivity contribution < 1.29 is 14.3 Å². The first-order valence-electron chi connectivity index (χ1n) is 10.6. The minimum Gasteiger partial charge on any atom is -0.494 e. The number of carbonyl (C=O) groups is 2. The molecule has 0 saturated heterocycles. The van der Waals surface area contributed by atoms with E-state index in [9.17, 15) is 9.59 Å². The molecule has 2 aromatic carbocycles. The van der Waals surface area contributed by atoms with Crippen molar-refractivity contribution in [1.82, 2.24) is 10.2 Å². The summed E-state index contributed by atoms with van der Waals surface area (Å²) in [4.78, 5) is 27.2. The number of ether oxygens (including phenoxy) is 1. The molecule has 5 nitrogen and oxygen atoms in total. The topological polar surface area (TPSA) is 58.6 Å². The Morgan fingerprint density at radius 3 is 2.52 bits per heavy atom. The lowest BCUT2D eigenvalue weighted by molar-refractivity contribution is -0.140. The molecule has 0 heterocycles. The van der Waals surface area contributed by atoms with Gasteiger partial charge in [-0.15, -0.1) is 0 Å². The molecule has 0 spiro atoms. The van der Waals surface area contributed by atoms with E-state index in [-0.39, 0.29) is 24.8 Å². The molecule has 0 fully saturated rings. The summed E-state index contributed by atoms with van der Waals surface area (Å²) in [5.41, 5.74) is 0.744. The van der Waals surface area contributed by atoms with Crippen molar-refractivity contribution >= 4 is 35.0 Å². The maximum Gasteiger partial charge on any atom is 0.242 e. The van der Waals surface area contributed by atoms with Gasteiger partial charge in [0.15, 0.2) is 0 Å². The molecule has 1 N–H and O–H groups in total. The van der Waals surface area contributed by atoms with E-state index in [1.165, 1.54) is 0 Å². The van der Waals surface area contributed by atoms with Crippen LogP contribution in [0.1, 0.15) is 45.1 Å². The first-order valence-corrected chi connectivity index (χ1v) is 11.4. The molecule has 2 aromatic rings. The van der Waals surface area contributed by atoms with Crippen LogP contribution >= 0.6 is 23.2 Å². The molecule has 0 aliphatic carbocycles. The number of unbranched alkanes of at least 4 members (excludes halogenated alkanes) is 1. The number of hydrogen-bond donors (Lipinski definition) is 1. The summed E-state index contributed by atoms with van der Waals surface area (Å²) in [6, 6.07) is 14.0. The Hall–Kier alpha value is -2.24. The van der Waals surface area contributed by atoms with E-state index >= 15 is 0 Å². The standard InChI is InChI=1S/C24H30Cl2N2O3/c1-3-4-14-27-24(30)18(2)28(17-19-12-13-20(25)16-22(19)26)23(29)11-8-15-31-21-9-6-5-7-10-21/h5-7,9-10,12-13,16,18H,3-4,8,11,14-15,17H2,1-2H3,(H,27,30). The van der Waals surface area contributed by atoms with Gasteiger partial charge in [0.25, 0.3) is 0 Å². The van der Waals surface area contributed by atoms with Gasteiger partial charge in [-0.2, -0.15) is 0 Å². The molecule has 2 amide bonds. The van der Waals surface area contributed by atoms with Gasteiger partial charge in [0.1, 0.15) is 11.8 Å². The second-order valence-corrected chi connectivity index (χ2v) is 8.19. The Kier molecular flexibility index (Phi) is 10.7. The Labute approximate surface area is 194 Å². The largest absolute Gasteiger partial charge is 0.494 e. The number of amides is 2. The summed E-state index contributed by atoms with van der Waals surface area (Å²) in [7, 11) is 0. The maximum absolute atomic E-state index is 13.0. The highest BCUT2D eigenvalue weighted by atomic mass is 35.5. The minimum atomic E-state index is -0.619. The zero-order chi connectivity index (χ0) is 22.6. The molecule has 0 aromatic heterocycles. The van der Waals surface area contributed by atoms with Crippen LogP contribution < -0.4 is 10.1 Å². The van der Waals surface area contributed by atoms with Crippen molar-refractivity contribution in [3.05, 3.63) is 64.1 Å². The van der Waals surface area contributed by atoms with Gasteiger partial charge in [-0.25, -0.2) is 0 Å². The molecule has 1 atom stereocenters. The molecule has 0 bridgehead atoms. The number of hydrogen-bond acceptors (Lipinski definition) is 3. The Balaban J connectivity index is 2.02. The van der Waals surface area contributed by atoms with E-state index in [0.717, 1.165) is 24.2 Å². The number of halogens is 2. The smallest absolute Gasteiger partial charge is 0.242 e. The quantitative estimate of drug-likeness (QED) is 0.422. The first kappa shape index (κ1) is 25.0. The van der Waals surface area contributed by atoms with Crippen LogP contribution in [0.3, 0.4) is 0 Å². The fourth-order valence-corrected chi connectivity index (χ4v) is 3.49. The van der Waals surface area contributed by atoms with Gasteiger partial charge in [0, 0.05) is 29.6 Å². The Morgan fingerprint density at radius 1 is 1.10 bits per heavy atom. The van der Waals surface area contributed by atoms with Gasteiger partial charge < -0.3 is 15.0 Å². The third kappa shape index (κ3) is 8.42. The second-order valence-electron chi connectivity index (χ2n) is 7.34. The Bertz CT molecular complexity index is 846. The molecule has 31 heavy (non-hydrogen) atoms. The van der Waals surface area contributed by atoms with Crippen LogP contribution in [0.15, 0.2) is 48.5 Å². The highest BCUT2D eigenvalue weighted by Crippen LogP contribution is 2.23. The first-order chi connectivity index (χ1) is 14.9. The summed E-state index contributed by atoms with van der Waals surface area (Å²) < 4.78 is 5.67. The van der Waals surface area contributed by atoms with Crippen molar-refractivity contribution in [2.75, 3.05) is 13.2 Å². The molecule has 168 valence electrons. The fraction of sp³-hybridized carbons (Fsp3) is 0.417. The summed E-state index contributed by atoms with van der Waals surface area (Å²) in [6.45, 7) is 5.04. The molecule has 2 rings (SSSR count). The van der Waals surface area contributed by atoms with Crippen LogP contribution in [0.5, 0.6) is 5.75 Å². The molecular formula is C24H30Cl2N2O3. The molecule has 0 aliphatic rings. The second kappa shape index (κ2) is 13.2. The lowest BCUT2D eigenvalue weighted by Gasteiger charge is -2.29. The van der Waals surface area contributed by atoms with Gasteiger partial charge in [-0.05, 0) is 49.6 Å². The maximum atomic E-state index is 13.0. The van der Waals surface area contributed by atoms with Crippen LogP contribution in [-0.2, 0) is 16.1 Å². The summed E-state index contributed by atoms with van der Waals surface area (Å²) in [5.74, 6) is 0.469. The zero-order valence-corrected chi connectivity index (χ0v) is 19.6. The third-order valence-corrected chi connectivity index (χ3v) is 5.49. The summed E-state index contributed by atoms with van der Waals surface area (Å²) >= 11 is 12.3. The van der Waals surface area contributed by atoms with E-state index in [1.54, 1.807) is 30.0 Å². The van der Waals surface area contributed by atoms with Crippen LogP contribution in [0.25, 0.3) is 0 Å². The molecule has 7 heteroatoms. The molecular weight excluding hydrogens is 435 g/mol. The number of benzene rings is 2. The lowest BCUT2D eigenvalue weighted by atomic mass is 10.1. The van der Waals surface area contributed by atoms with E-state index in [4.69, 9.17) is 27.9 Å². The van der Waals surface area contributed by atoms with Gasteiger partial charge in [-0.1, -0.05) is 60.8 Å². The molecule has 0 saturated carbocycles. The highest BCUT2D eigenvalue weighted by Gasteiger charge is 2.26. The van der Waals surface area contributed by atoms with Crippen LogP contribution in [0.2, 0.25) is 10.0 Å². The minimum absolute atomic E-state index is 0.124. The van der Waals surface area contributed by atoms with Gasteiger partial charge >= 0.3 is 0 Å². The third-order valence-electron chi connectivity index (χ3n) is 4.90. The predicted molar refractivity (Wildman–Crippen MR) is 126 cm³/mol. The van der Waals surface area contributed by atoms with Crippen molar-refractivity contribution in [3.63, 3.8) is 0 Å². The van der Waals surface area contributed by atoms with E-state index in [0.29, 0.717) is 29.6 Å². The average molecular weight is 465 g/mol. The fourth-order valence-electron chi connectivity index (χ4n) is 3.03. The Morgan fingerprint density at radius 2 is 1.84 bits per heavy atom. The van der Waals surface area contributed by atoms with Crippen molar-refractivity contribution in [2.45, 2.75) is 52.1 Å². The van der Waals surface area contributed by atoms with E-state index in [2.05, 4.69) is 12.2 Å². The lowest BCUT2D eigenvalue weighted by Crippen LogP contribution is -2.47. The molecule has 1 unspecified atom stereocenters. The number of para-hydroxylation sites is 1. The monoisotopic (exact) mass is 464 g/mol. The van der Waals surface area contributed by atoms with Crippen molar-refractivity contribution in [3.8, 4) is 5.75 Å². The van der Waals surface area contributed by atoms with Crippen LogP contribution in [0.4, 0.5) is 0 Å². The number of nitrogens with zero attached hydrogens (tertiary/aromatic N) is 1. The molecule has 0 aliphatic heterocycles. The predicted octanol–water partition coefficient (Wildman–Crippen LogP) is 5.49. The average Bonchev–Trinajstić information content (AvgIpc) is 2.76. The number of carbonyl (C=O) groups excluding carboxylic acids is 2. The van der Waals surface area contributed by atoms with Gasteiger partial charge in [0.05, 0.1) is 6.61 Å². The number of nitrogens with one attached hydrogen (secondary N) is 1. The van der Waals surface area contributed by atoms with Gasteiger partial charge in [-0.3, -0.25) is 9.59 Å². The van der Waals surface area contributed by atoms with E-state index in [1.807, 2.05) is 30.3 Å². The van der Waals surface area contributed by atoms with Crippen molar-refractivity contribution in [2.24, 2.45) is 0 Å². The molecule has 0 radical (unpaired) electrons.